The summed E-state index contributed by atoms with van der Waals surface area (Å²) in [4.78, 5) is 24.3. The van der Waals surface area contributed by atoms with Crippen LogP contribution in [0.25, 0.3) is 10.8 Å². The zero-order chi connectivity index (χ0) is 22.1. The molecule has 0 aliphatic rings. The normalized spacial score (nSPS) is 11.1. The van der Waals surface area contributed by atoms with E-state index in [1.165, 1.54) is 12.5 Å². The number of carbonyl (C=O) groups is 2. The molecule has 0 radical (unpaired) electrons. The lowest BCUT2D eigenvalue weighted by atomic mass is 9.96. The molecule has 0 N–H and O–H groups in total. The number of hydrogen-bond acceptors (Lipinski definition) is 4. The van der Waals surface area contributed by atoms with Gasteiger partial charge in [-0.1, -0.05) is 50.2 Å². The number of alkyl halides is 3. The van der Waals surface area contributed by atoms with Gasteiger partial charge in [0, 0.05) is 30.0 Å². The van der Waals surface area contributed by atoms with Gasteiger partial charge in [-0.05, 0) is 30.0 Å². The van der Waals surface area contributed by atoms with E-state index >= 15 is 0 Å². The van der Waals surface area contributed by atoms with E-state index in [1.807, 2.05) is 0 Å². The standard InChI is InChI=1S/C22H22F3NO3S/c1-3-4-5-6-7-8-10-16-13-17-11-9-12-19(20(17)18(14-16)15-27)21(28)26(2)29-30-22(23,24)25/h9,11-15H,3-7H2,1-2H3. The van der Waals surface area contributed by atoms with Crippen LogP contribution in [0.15, 0.2) is 30.3 Å². The molecule has 0 heterocycles. The van der Waals surface area contributed by atoms with Crippen LogP contribution in [-0.2, 0) is 4.28 Å². The highest BCUT2D eigenvalue weighted by Crippen LogP contribution is 2.32. The van der Waals surface area contributed by atoms with Gasteiger partial charge in [-0.3, -0.25) is 9.59 Å². The minimum atomic E-state index is -4.65. The molecule has 160 valence electrons. The minimum Gasteiger partial charge on any atom is -0.298 e. The largest absolute Gasteiger partial charge is 0.470 e. The average molecular weight is 437 g/mol. The van der Waals surface area contributed by atoms with Crippen molar-refractivity contribution in [3.8, 4) is 11.8 Å². The van der Waals surface area contributed by atoms with Crippen molar-refractivity contribution in [1.82, 2.24) is 5.06 Å². The van der Waals surface area contributed by atoms with Crippen LogP contribution in [-0.4, -0.2) is 29.8 Å². The molecule has 0 saturated heterocycles. The van der Waals surface area contributed by atoms with Crippen LogP contribution in [0.2, 0.25) is 0 Å². The molecule has 0 aromatic heterocycles. The Morgan fingerprint density at radius 2 is 2.00 bits per heavy atom. The first-order valence-electron chi connectivity index (χ1n) is 9.48. The van der Waals surface area contributed by atoms with Crippen molar-refractivity contribution in [1.29, 1.82) is 0 Å². The van der Waals surface area contributed by atoms with Crippen LogP contribution in [0.4, 0.5) is 13.2 Å². The van der Waals surface area contributed by atoms with E-state index in [4.69, 9.17) is 0 Å². The molecular formula is C22H22F3NO3S. The number of hydroxylamine groups is 2. The van der Waals surface area contributed by atoms with E-state index in [1.54, 1.807) is 24.3 Å². The summed E-state index contributed by atoms with van der Waals surface area (Å²) in [5, 5.41) is 1.43. The van der Waals surface area contributed by atoms with Crippen molar-refractivity contribution in [3.05, 3.63) is 47.0 Å². The van der Waals surface area contributed by atoms with Gasteiger partial charge in [0.15, 0.2) is 6.29 Å². The summed E-state index contributed by atoms with van der Waals surface area (Å²) in [6, 6.07) is 8.09. The number of unbranched alkanes of at least 4 members (excludes halogenated alkanes) is 4. The van der Waals surface area contributed by atoms with Gasteiger partial charge in [0.25, 0.3) is 5.91 Å². The molecule has 0 bridgehead atoms. The van der Waals surface area contributed by atoms with Crippen molar-refractivity contribution in [2.75, 3.05) is 7.05 Å². The Labute approximate surface area is 177 Å². The summed E-state index contributed by atoms with van der Waals surface area (Å²) >= 11 is -0.784. The number of carbonyl (C=O) groups excluding carboxylic acids is 2. The molecule has 0 saturated carbocycles. The van der Waals surface area contributed by atoms with Gasteiger partial charge in [0.2, 0.25) is 0 Å². The Kier molecular flexibility index (Phi) is 8.75. The lowest BCUT2D eigenvalue weighted by Crippen LogP contribution is -2.26. The fourth-order valence-electron chi connectivity index (χ4n) is 2.91. The third-order valence-electron chi connectivity index (χ3n) is 4.28. The highest BCUT2D eigenvalue weighted by molar-refractivity contribution is 7.95. The van der Waals surface area contributed by atoms with Crippen molar-refractivity contribution in [3.63, 3.8) is 0 Å². The molecule has 2 aromatic carbocycles. The minimum absolute atomic E-state index is 0.0685. The second-order valence-corrected chi connectivity index (χ2v) is 7.38. The number of amides is 1. The number of benzene rings is 2. The molecule has 1 amide bonds. The summed E-state index contributed by atoms with van der Waals surface area (Å²) in [5.74, 6) is 5.34. The second-order valence-electron chi connectivity index (χ2n) is 6.61. The topological polar surface area (TPSA) is 46.6 Å². The van der Waals surface area contributed by atoms with Crippen LogP contribution < -0.4 is 0 Å². The number of hydrogen-bond donors (Lipinski definition) is 0. The Bertz CT molecular complexity index is 964. The maximum absolute atomic E-state index is 12.6. The Morgan fingerprint density at radius 1 is 1.23 bits per heavy atom. The third-order valence-corrected chi connectivity index (χ3v) is 4.77. The molecule has 2 aromatic rings. The quantitative estimate of drug-likeness (QED) is 0.163. The lowest BCUT2D eigenvalue weighted by molar-refractivity contribution is -0.0586. The van der Waals surface area contributed by atoms with Gasteiger partial charge in [0.05, 0.1) is 5.56 Å². The van der Waals surface area contributed by atoms with E-state index in [0.717, 1.165) is 32.7 Å². The molecular weight excluding hydrogens is 415 g/mol. The van der Waals surface area contributed by atoms with Crippen LogP contribution in [0, 0.1) is 11.8 Å². The average Bonchev–Trinajstić information content (AvgIpc) is 2.72. The number of nitrogens with zero attached hydrogens (tertiary/aromatic N) is 1. The van der Waals surface area contributed by atoms with Crippen molar-refractivity contribution in [2.45, 2.75) is 44.5 Å². The third kappa shape index (κ3) is 6.78. The summed E-state index contributed by atoms with van der Waals surface area (Å²) in [6.07, 6.45) is 5.81. The molecule has 0 fully saturated rings. The molecule has 4 nitrogen and oxygen atoms in total. The first-order chi connectivity index (χ1) is 14.3. The smallest absolute Gasteiger partial charge is 0.298 e. The Balaban J connectivity index is 2.30. The van der Waals surface area contributed by atoms with Gasteiger partial charge in [-0.2, -0.15) is 17.5 Å². The van der Waals surface area contributed by atoms with Crippen molar-refractivity contribution < 1.29 is 27.0 Å². The molecule has 8 heteroatoms. The van der Waals surface area contributed by atoms with E-state index in [-0.39, 0.29) is 11.1 Å². The molecule has 2 rings (SSSR count). The number of halogens is 3. The van der Waals surface area contributed by atoms with E-state index < -0.39 is 23.5 Å². The molecule has 30 heavy (non-hydrogen) atoms. The van der Waals surface area contributed by atoms with Crippen LogP contribution in [0.1, 0.15) is 65.3 Å². The first-order valence-corrected chi connectivity index (χ1v) is 10.2. The summed E-state index contributed by atoms with van der Waals surface area (Å²) in [7, 11) is 1.08. The Hall–Kier alpha value is -2.50. The molecule has 0 aliphatic heterocycles. The fraction of sp³-hybridized carbons (Fsp3) is 0.364. The van der Waals surface area contributed by atoms with Gasteiger partial charge >= 0.3 is 5.51 Å². The van der Waals surface area contributed by atoms with Crippen LogP contribution >= 0.6 is 12.0 Å². The van der Waals surface area contributed by atoms with Gasteiger partial charge in [-0.25, -0.2) is 5.06 Å². The molecule has 0 spiro atoms. The highest BCUT2D eigenvalue weighted by Gasteiger charge is 2.32. The zero-order valence-electron chi connectivity index (χ0n) is 16.7. The van der Waals surface area contributed by atoms with Crippen LogP contribution in [0.3, 0.4) is 0 Å². The van der Waals surface area contributed by atoms with Crippen LogP contribution in [0.5, 0.6) is 0 Å². The number of aldehydes is 1. The summed E-state index contributed by atoms with van der Waals surface area (Å²) in [6.45, 7) is 2.14. The predicted molar refractivity (Wildman–Crippen MR) is 112 cm³/mol. The van der Waals surface area contributed by atoms with Gasteiger partial charge in [0.1, 0.15) is 12.0 Å². The summed E-state index contributed by atoms with van der Waals surface area (Å²) < 4.78 is 41.4. The maximum Gasteiger partial charge on any atom is 0.470 e. The highest BCUT2D eigenvalue weighted by atomic mass is 32.2. The zero-order valence-corrected chi connectivity index (χ0v) is 17.5. The van der Waals surface area contributed by atoms with Crippen molar-refractivity contribution in [2.24, 2.45) is 0 Å². The maximum atomic E-state index is 12.6. The Morgan fingerprint density at radius 3 is 2.67 bits per heavy atom. The van der Waals surface area contributed by atoms with E-state index in [0.29, 0.717) is 27.7 Å². The van der Waals surface area contributed by atoms with Gasteiger partial charge < -0.3 is 0 Å². The number of fused-ring (bicyclic) bond motifs is 1. The SMILES string of the molecule is CCCCCCC#Cc1cc(C=O)c2c(C(=O)N(C)OSC(F)(F)F)cccc2c1. The fourth-order valence-corrected chi connectivity index (χ4v) is 3.18. The van der Waals surface area contributed by atoms with Crippen molar-refractivity contribution >= 4 is 35.0 Å². The molecule has 0 atom stereocenters. The monoisotopic (exact) mass is 437 g/mol. The van der Waals surface area contributed by atoms with E-state index in [2.05, 4.69) is 23.0 Å². The van der Waals surface area contributed by atoms with E-state index in [9.17, 15) is 22.8 Å². The molecule has 0 aliphatic carbocycles. The summed E-state index contributed by atoms with van der Waals surface area (Å²) in [5.41, 5.74) is -3.70. The first kappa shape index (κ1) is 23.8. The number of rotatable bonds is 8. The predicted octanol–water partition coefficient (Wildman–Crippen LogP) is 6.15. The van der Waals surface area contributed by atoms with Gasteiger partial charge in [-0.15, -0.1) is 0 Å². The lowest BCUT2D eigenvalue weighted by Gasteiger charge is -2.17. The second kappa shape index (κ2) is 11.0. The molecule has 0 unspecified atom stereocenters.